The van der Waals surface area contributed by atoms with Gasteiger partial charge in [0.05, 0.1) is 5.52 Å². The van der Waals surface area contributed by atoms with Crippen LogP contribution < -0.4 is 10.2 Å². The van der Waals surface area contributed by atoms with Crippen LogP contribution in [0.2, 0.25) is 5.02 Å². The molecule has 0 bridgehead atoms. The number of hydrogen-bond donors (Lipinski definition) is 1. The Kier molecular flexibility index (Phi) is 7.84. The van der Waals surface area contributed by atoms with E-state index in [0.717, 1.165) is 41.5 Å². The van der Waals surface area contributed by atoms with Crippen molar-refractivity contribution in [2.75, 3.05) is 24.3 Å². The van der Waals surface area contributed by atoms with Crippen LogP contribution in [0.3, 0.4) is 0 Å². The summed E-state index contributed by atoms with van der Waals surface area (Å²) in [5.41, 5.74) is 3.16. The van der Waals surface area contributed by atoms with Gasteiger partial charge in [0, 0.05) is 37.0 Å². The lowest BCUT2D eigenvalue weighted by Gasteiger charge is -2.45. The molecule has 3 aromatic carbocycles. The fourth-order valence-electron chi connectivity index (χ4n) is 5.34. The first-order valence-electron chi connectivity index (χ1n) is 13.3. The van der Waals surface area contributed by atoms with Crippen LogP contribution in [0.1, 0.15) is 37.7 Å². The van der Waals surface area contributed by atoms with E-state index in [-0.39, 0.29) is 24.9 Å². The van der Waals surface area contributed by atoms with Crippen molar-refractivity contribution in [1.82, 2.24) is 19.9 Å². The molecule has 0 radical (unpaired) electrons. The van der Waals surface area contributed by atoms with Crippen molar-refractivity contribution in [3.63, 3.8) is 0 Å². The van der Waals surface area contributed by atoms with Gasteiger partial charge in [0.25, 0.3) is 0 Å². The first kappa shape index (κ1) is 26.7. The Bertz CT molecular complexity index is 1440. The maximum Gasteiger partial charge on any atom is 0.250 e. The lowest BCUT2D eigenvalue weighted by atomic mass is 9.78. The minimum Gasteiger partial charge on any atom is -0.378 e. The van der Waals surface area contributed by atoms with Crippen molar-refractivity contribution in [1.29, 1.82) is 0 Å². The summed E-state index contributed by atoms with van der Waals surface area (Å²) in [5.74, 6) is -0.342. The van der Waals surface area contributed by atoms with E-state index in [4.69, 9.17) is 11.6 Å². The van der Waals surface area contributed by atoms with Crippen LogP contribution in [-0.4, -0.2) is 51.3 Å². The molecule has 0 aliphatic heterocycles. The van der Waals surface area contributed by atoms with Gasteiger partial charge in [-0.15, -0.1) is 5.10 Å². The van der Waals surface area contributed by atoms with E-state index in [1.54, 1.807) is 9.58 Å². The molecule has 1 aliphatic carbocycles. The number of benzene rings is 3. The summed E-state index contributed by atoms with van der Waals surface area (Å²) in [5, 5.41) is 12.2. The van der Waals surface area contributed by atoms with Gasteiger partial charge in [-0.25, -0.2) is 4.68 Å². The Balaban J connectivity index is 1.49. The number of rotatable bonds is 8. The molecule has 5 rings (SSSR count). The molecule has 1 aromatic heterocycles. The van der Waals surface area contributed by atoms with Gasteiger partial charge in [-0.1, -0.05) is 60.3 Å². The van der Waals surface area contributed by atoms with E-state index in [1.165, 1.54) is 0 Å². The summed E-state index contributed by atoms with van der Waals surface area (Å²) in [6.07, 6.45) is 3.94. The van der Waals surface area contributed by atoms with Gasteiger partial charge in [-0.3, -0.25) is 9.59 Å². The number of carbonyl (C=O) groups excluding carboxylic acids is 2. The zero-order chi connectivity index (χ0) is 27.4. The number of hydrogen-bond acceptors (Lipinski definition) is 5. The normalized spacial score (nSPS) is 14.6. The number of nitrogens with zero attached hydrogens (tertiary/aromatic N) is 5. The number of para-hydroxylation sites is 1. The van der Waals surface area contributed by atoms with Crippen molar-refractivity contribution < 1.29 is 9.59 Å². The maximum atomic E-state index is 14.1. The molecular formula is C30H33ClN6O2. The average molecular weight is 545 g/mol. The third kappa shape index (κ3) is 5.76. The molecule has 4 aromatic rings. The lowest BCUT2D eigenvalue weighted by molar-refractivity contribution is -0.149. The zero-order valence-corrected chi connectivity index (χ0v) is 23.1. The number of anilines is 2. The van der Waals surface area contributed by atoms with Crippen LogP contribution in [0, 0.1) is 0 Å². The van der Waals surface area contributed by atoms with Crippen molar-refractivity contribution in [3.8, 4) is 0 Å². The molecule has 8 nitrogen and oxygen atoms in total. The Morgan fingerprint density at radius 1 is 0.949 bits per heavy atom. The summed E-state index contributed by atoms with van der Waals surface area (Å²) in [6, 6.07) is 22.7. The minimum atomic E-state index is -0.994. The van der Waals surface area contributed by atoms with Crippen molar-refractivity contribution in [2.24, 2.45) is 0 Å². The molecule has 1 heterocycles. The molecule has 0 unspecified atom stereocenters. The van der Waals surface area contributed by atoms with Gasteiger partial charge < -0.3 is 15.1 Å². The highest BCUT2D eigenvalue weighted by Crippen LogP contribution is 2.37. The smallest absolute Gasteiger partial charge is 0.250 e. The first-order chi connectivity index (χ1) is 18.9. The molecular weight excluding hydrogens is 512 g/mol. The van der Waals surface area contributed by atoms with E-state index >= 15 is 0 Å². The molecule has 0 atom stereocenters. The third-order valence-corrected chi connectivity index (χ3v) is 7.77. The van der Waals surface area contributed by atoms with Gasteiger partial charge in [0.15, 0.2) is 0 Å². The van der Waals surface area contributed by atoms with Crippen molar-refractivity contribution in [2.45, 2.75) is 50.7 Å². The second-order valence-electron chi connectivity index (χ2n) is 10.3. The predicted molar refractivity (Wildman–Crippen MR) is 155 cm³/mol. The molecule has 0 spiro atoms. The Hall–Kier alpha value is -3.91. The average Bonchev–Trinajstić information content (AvgIpc) is 3.36. The standard InChI is InChI=1S/C30H33ClN6O2/c1-35(2)25-16-14-24(15-17-25)32-29(39)30(18-6-3-7-19-30)36(20-22-10-12-23(31)13-11-22)28(38)21-37-27-9-5-4-8-26(27)33-34-37/h4-5,8-17H,3,6-7,18-21H2,1-2H3,(H,32,39). The van der Waals surface area contributed by atoms with Crippen LogP contribution in [-0.2, 0) is 22.7 Å². The number of carbonyl (C=O) groups is 2. The molecule has 1 fully saturated rings. The quantitative estimate of drug-likeness (QED) is 0.316. The van der Waals surface area contributed by atoms with Crippen LogP contribution in [0.25, 0.3) is 11.0 Å². The van der Waals surface area contributed by atoms with E-state index < -0.39 is 5.54 Å². The maximum absolute atomic E-state index is 14.1. The Morgan fingerprint density at radius 2 is 1.64 bits per heavy atom. The monoisotopic (exact) mass is 544 g/mol. The van der Waals surface area contributed by atoms with E-state index in [0.29, 0.717) is 23.6 Å². The van der Waals surface area contributed by atoms with Crippen molar-refractivity contribution in [3.05, 3.63) is 83.4 Å². The largest absolute Gasteiger partial charge is 0.378 e. The highest BCUT2D eigenvalue weighted by atomic mass is 35.5. The van der Waals surface area contributed by atoms with E-state index in [1.807, 2.05) is 91.8 Å². The van der Waals surface area contributed by atoms with Gasteiger partial charge in [0.2, 0.25) is 11.8 Å². The van der Waals surface area contributed by atoms with Gasteiger partial charge in [-0.05, 0) is 66.9 Å². The third-order valence-electron chi connectivity index (χ3n) is 7.52. The molecule has 0 saturated heterocycles. The first-order valence-corrected chi connectivity index (χ1v) is 13.7. The molecule has 1 aliphatic rings. The van der Waals surface area contributed by atoms with Crippen LogP contribution >= 0.6 is 11.6 Å². The Labute approximate surface area is 233 Å². The molecule has 1 saturated carbocycles. The number of aromatic nitrogens is 3. The summed E-state index contributed by atoms with van der Waals surface area (Å²) >= 11 is 6.14. The fraction of sp³-hybridized carbons (Fsp3) is 0.333. The van der Waals surface area contributed by atoms with E-state index in [2.05, 4.69) is 15.6 Å². The topological polar surface area (TPSA) is 83.4 Å². The molecule has 202 valence electrons. The predicted octanol–water partition coefficient (Wildman–Crippen LogP) is 5.52. The van der Waals surface area contributed by atoms with Gasteiger partial charge in [0.1, 0.15) is 17.6 Å². The number of halogens is 1. The van der Waals surface area contributed by atoms with E-state index in [9.17, 15) is 9.59 Å². The Morgan fingerprint density at radius 3 is 2.33 bits per heavy atom. The van der Waals surface area contributed by atoms with Crippen LogP contribution in [0.5, 0.6) is 0 Å². The van der Waals surface area contributed by atoms with Crippen molar-refractivity contribution >= 4 is 45.8 Å². The molecule has 9 heteroatoms. The molecule has 39 heavy (non-hydrogen) atoms. The second kappa shape index (κ2) is 11.5. The van der Waals surface area contributed by atoms with Crippen LogP contribution in [0.4, 0.5) is 11.4 Å². The van der Waals surface area contributed by atoms with Gasteiger partial charge >= 0.3 is 0 Å². The minimum absolute atomic E-state index is 0.0132. The number of fused-ring (bicyclic) bond motifs is 1. The summed E-state index contributed by atoms with van der Waals surface area (Å²) in [6.45, 7) is 0.274. The summed E-state index contributed by atoms with van der Waals surface area (Å²) in [4.78, 5) is 32.0. The molecule has 2 amide bonds. The molecule has 1 N–H and O–H groups in total. The fourth-order valence-corrected chi connectivity index (χ4v) is 5.47. The summed E-state index contributed by atoms with van der Waals surface area (Å²) < 4.78 is 1.61. The second-order valence-corrected chi connectivity index (χ2v) is 10.8. The summed E-state index contributed by atoms with van der Waals surface area (Å²) in [7, 11) is 3.95. The lowest BCUT2D eigenvalue weighted by Crippen LogP contribution is -2.60. The highest BCUT2D eigenvalue weighted by Gasteiger charge is 2.47. The van der Waals surface area contributed by atoms with Gasteiger partial charge in [-0.2, -0.15) is 0 Å². The highest BCUT2D eigenvalue weighted by molar-refractivity contribution is 6.30. The number of amides is 2. The van der Waals surface area contributed by atoms with Crippen LogP contribution in [0.15, 0.2) is 72.8 Å². The SMILES string of the molecule is CN(C)c1ccc(NC(=O)C2(N(Cc3ccc(Cl)cc3)C(=O)Cn3nnc4ccccc43)CCCCC2)cc1. The number of nitrogens with one attached hydrogen (secondary N) is 1. The zero-order valence-electron chi connectivity index (χ0n) is 22.3.